The second-order valence-electron chi connectivity index (χ2n) is 5.04. The number of carboxylic acids is 1. The molecule has 2 aliphatic rings. The summed E-state index contributed by atoms with van der Waals surface area (Å²) in [6, 6.07) is 5.14. The fourth-order valence-corrected chi connectivity index (χ4v) is 2.94. The Kier molecular flexibility index (Phi) is 2.20. The average molecular weight is 260 g/mol. The van der Waals surface area contributed by atoms with Gasteiger partial charge in [0.05, 0.1) is 11.1 Å². The van der Waals surface area contributed by atoms with Crippen molar-refractivity contribution < 1.29 is 19.5 Å². The lowest BCUT2D eigenvalue weighted by atomic mass is 9.77. The Hall–Kier alpha value is -2.37. The molecule has 2 amide bonds. The number of hydrogen-bond acceptors (Lipinski definition) is 3. The highest BCUT2D eigenvalue weighted by atomic mass is 16.4. The van der Waals surface area contributed by atoms with Gasteiger partial charge in [0.15, 0.2) is 0 Å². The summed E-state index contributed by atoms with van der Waals surface area (Å²) >= 11 is 0. The molecule has 3 rings (SSSR count). The van der Waals surface area contributed by atoms with Crippen LogP contribution in [0, 0.1) is 0 Å². The Morgan fingerprint density at radius 1 is 1.47 bits per heavy atom. The van der Waals surface area contributed by atoms with Crippen LogP contribution in [-0.2, 0) is 19.8 Å². The molecule has 1 aromatic carbocycles. The summed E-state index contributed by atoms with van der Waals surface area (Å²) in [5, 5.41) is 11.6. The van der Waals surface area contributed by atoms with Crippen molar-refractivity contribution in [2.75, 3.05) is 16.8 Å². The molecule has 0 fully saturated rings. The van der Waals surface area contributed by atoms with Crippen LogP contribution in [0.1, 0.15) is 18.9 Å². The van der Waals surface area contributed by atoms with Crippen LogP contribution in [0.3, 0.4) is 0 Å². The molecule has 2 N–H and O–H groups in total. The molecule has 2 heterocycles. The number of anilines is 2. The molecule has 2 aliphatic heterocycles. The first-order chi connectivity index (χ1) is 8.93. The van der Waals surface area contributed by atoms with Crippen molar-refractivity contribution >= 4 is 29.2 Å². The summed E-state index contributed by atoms with van der Waals surface area (Å²) < 4.78 is 0. The lowest BCUT2D eigenvalue weighted by Crippen LogP contribution is -2.44. The molecule has 0 saturated heterocycles. The molecule has 6 nitrogen and oxygen atoms in total. The van der Waals surface area contributed by atoms with Gasteiger partial charge in [0, 0.05) is 17.7 Å². The summed E-state index contributed by atoms with van der Waals surface area (Å²) in [7, 11) is 0. The molecule has 98 valence electrons. The fourth-order valence-electron chi connectivity index (χ4n) is 2.94. The molecule has 0 spiro atoms. The smallest absolute Gasteiger partial charge is 0.323 e. The third-order valence-electron chi connectivity index (χ3n) is 3.68. The van der Waals surface area contributed by atoms with Crippen molar-refractivity contribution in [3.63, 3.8) is 0 Å². The number of nitrogens with zero attached hydrogens (tertiary/aromatic N) is 1. The molecule has 0 saturated carbocycles. The van der Waals surface area contributed by atoms with E-state index >= 15 is 0 Å². The van der Waals surface area contributed by atoms with Crippen LogP contribution in [0.25, 0.3) is 0 Å². The van der Waals surface area contributed by atoms with Gasteiger partial charge >= 0.3 is 5.97 Å². The van der Waals surface area contributed by atoms with Gasteiger partial charge in [-0.15, -0.1) is 0 Å². The Labute approximate surface area is 109 Å². The number of carbonyl (C=O) groups excluding carboxylic acids is 2. The highest BCUT2D eigenvalue weighted by molar-refractivity contribution is 6.16. The topological polar surface area (TPSA) is 86.7 Å². The second-order valence-corrected chi connectivity index (χ2v) is 5.04. The summed E-state index contributed by atoms with van der Waals surface area (Å²) in [6.07, 6.45) is 0.0476. The number of amides is 2. The van der Waals surface area contributed by atoms with Crippen molar-refractivity contribution in [3.8, 4) is 0 Å². The minimum absolute atomic E-state index is 0.0476. The molecule has 1 unspecified atom stereocenters. The monoisotopic (exact) mass is 260 g/mol. The highest BCUT2D eigenvalue weighted by Crippen LogP contribution is 2.49. The van der Waals surface area contributed by atoms with Gasteiger partial charge in [0.2, 0.25) is 11.8 Å². The number of carbonyl (C=O) groups is 3. The summed E-state index contributed by atoms with van der Waals surface area (Å²) in [5.74, 6) is -1.63. The van der Waals surface area contributed by atoms with Crippen molar-refractivity contribution in [3.05, 3.63) is 23.8 Å². The average Bonchev–Trinajstić information content (AvgIpc) is 2.52. The predicted molar refractivity (Wildman–Crippen MR) is 67.0 cm³/mol. The van der Waals surface area contributed by atoms with Crippen LogP contribution in [0.4, 0.5) is 11.4 Å². The van der Waals surface area contributed by atoms with E-state index in [-0.39, 0.29) is 24.8 Å². The Morgan fingerprint density at radius 3 is 2.89 bits per heavy atom. The first-order valence-corrected chi connectivity index (χ1v) is 5.90. The third kappa shape index (κ3) is 1.46. The standard InChI is InChI=1S/C13H12N2O4/c1-13-5-9(16)14-7-3-2-4-8(11(7)13)15(12(13)19)6-10(17)18/h2-4H,5-6H2,1H3,(H,14,16)(H,17,18). The Balaban J connectivity index is 2.21. The summed E-state index contributed by atoms with van der Waals surface area (Å²) in [6.45, 7) is 1.30. The minimum atomic E-state index is -1.08. The zero-order chi connectivity index (χ0) is 13.8. The van der Waals surface area contributed by atoms with Crippen LogP contribution in [0.2, 0.25) is 0 Å². The molecule has 19 heavy (non-hydrogen) atoms. The highest BCUT2D eigenvalue weighted by Gasteiger charge is 2.52. The van der Waals surface area contributed by atoms with E-state index < -0.39 is 11.4 Å². The van der Waals surface area contributed by atoms with Crippen LogP contribution in [0.5, 0.6) is 0 Å². The first-order valence-electron chi connectivity index (χ1n) is 5.90. The molecular formula is C13H12N2O4. The van der Waals surface area contributed by atoms with E-state index in [1.807, 2.05) is 0 Å². The first kappa shape index (κ1) is 11.7. The lowest BCUT2D eigenvalue weighted by Gasteiger charge is -2.28. The maximum absolute atomic E-state index is 12.5. The molecule has 6 heteroatoms. The largest absolute Gasteiger partial charge is 0.480 e. The van der Waals surface area contributed by atoms with Gasteiger partial charge in [-0.1, -0.05) is 6.07 Å². The van der Waals surface area contributed by atoms with Crippen molar-refractivity contribution in [1.29, 1.82) is 0 Å². The zero-order valence-corrected chi connectivity index (χ0v) is 10.3. The summed E-state index contributed by atoms with van der Waals surface area (Å²) in [5.41, 5.74) is 0.940. The van der Waals surface area contributed by atoms with Gasteiger partial charge in [0.25, 0.3) is 0 Å². The van der Waals surface area contributed by atoms with E-state index in [9.17, 15) is 14.4 Å². The van der Waals surface area contributed by atoms with Gasteiger partial charge in [0.1, 0.15) is 6.54 Å². The number of hydrogen-bond donors (Lipinski definition) is 2. The quantitative estimate of drug-likeness (QED) is 0.820. The molecule has 0 bridgehead atoms. The van der Waals surface area contributed by atoms with E-state index in [1.165, 1.54) is 4.90 Å². The molecule has 0 radical (unpaired) electrons. The summed E-state index contributed by atoms with van der Waals surface area (Å²) in [4.78, 5) is 36.3. The molecule has 0 aliphatic carbocycles. The lowest BCUT2D eigenvalue weighted by molar-refractivity contribution is -0.137. The fraction of sp³-hybridized carbons (Fsp3) is 0.308. The normalized spacial score (nSPS) is 24.2. The number of nitrogens with one attached hydrogen (secondary N) is 1. The van der Waals surface area contributed by atoms with E-state index in [0.29, 0.717) is 11.4 Å². The van der Waals surface area contributed by atoms with E-state index in [0.717, 1.165) is 5.56 Å². The van der Waals surface area contributed by atoms with Gasteiger partial charge in [-0.2, -0.15) is 0 Å². The molecule has 1 atom stereocenters. The van der Waals surface area contributed by atoms with Gasteiger partial charge in [-0.05, 0) is 19.1 Å². The van der Waals surface area contributed by atoms with Gasteiger partial charge in [-0.3, -0.25) is 14.4 Å². The van der Waals surface area contributed by atoms with Crippen molar-refractivity contribution in [2.24, 2.45) is 0 Å². The zero-order valence-electron chi connectivity index (χ0n) is 10.3. The second kappa shape index (κ2) is 3.57. The van der Waals surface area contributed by atoms with Crippen LogP contribution < -0.4 is 10.2 Å². The van der Waals surface area contributed by atoms with Crippen molar-refractivity contribution in [1.82, 2.24) is 0 Å². The predicted octanol–water partition coefficient (Wildman–Crippen LogP) is 0.718. The SMILES string of the molecule is CC12CC(=O)Nc3cccc(c31)N(CC(=O)O)C2=O. The Bertz CT molecular complexity index is 625. The third-order valence-corrected chi connectivity index (χ3v) is 3.68. The van der Waals surface area contributed by atoms with E-state index in [4.69, 9.17) is 5.11 Å². The maximum Gasteiger partial charge on any atom is 0.323 e. The number of rotatable bonds is 2. The van der Waals surface area contributed by atoms with E-state index in [1.54, 1.807) is 25.1 Å². The van der Waals surface area contributed by atoms with Crippen molar-refractivity contribution in [2.45, 2.75) is 18.8 Å². The van der Waals surface area contributed by atoms with E-state index in [2.05, 4.69) is 5.32 Å². The van der Waals surface area contributed by atoms with Crippen LogP contribution >= 0.6 is 0 Å². The number of carboxylic acid groups (broad SMARTS) is 1. The maximum atomic E-state index is 12.5. The molecular weight excluding hydrogens is 248 g/mol. The van der Waals surface area contributed by atoms with Crippen LogP contribution in [-0.4, -0.2) is 29.4 Å². The number of benzene rings is 1. The number of aliphatic carboxylic acids is 1. The van der Waals surface area contributed by atoms with Crippen LogP contribution in [0.15, 0.2) is 18.2 Å². The Morgan fingerprint density at radius 2 is 2.21 bits per heavy atom. The molecule has 0 aromatic heterocycles. The molecule has 1 aromatic rings. The van der Waals surface area contributed by atoms with Gasteiger partial charge < -0.3 is 15.3 Å². The minimum Gasteiger partial charge on any atom is -0.480 e. The van der Waals surface area contributed by atoms with Gasteiger partial charge in [-0.25, -0.2) is 0 Å².